The van der Waals surface area contributed by atoms with Crippen LogP contribution in [0.4, 0.5) is 0 Å². The molecule has 0 spiro atoms. The Morgan fingerprint density at radius 1 is 1.52 bits per heavy atom. The first-order chi connectivity index (χ1) is 9.76. The van der Waals surface area contributed by atoms with Crippen molar-refractivity contribution in [2.75, 3.05) is 5.75 Å². The molecule has 2 atom stereocenters. The van der Waals surface area contributed by atoms with E-state index >= 15 is 0 Å². The third-order valence-electron chi connectivity index (χ3n) is 2.78. The van der Waals surface area contributed by atoms with Gasteiger partial charge in [0.15, 0.2) is 0 Å². The molecule has 2 N–H and O–H groups in total. The standard InChI is InChI=1S/C12H18ClN3O4S/c1-4-16-10(11(13)7(2)15-16)6-21(20)5-9(12(18)19)14-8(3)17/h9H,4-6H2,1-3H3,(H,14,17)(H,18,19). The first kappa shape index (κ1) is 17.6. The van der Waals surface area contributed by atoms with Gasteiger partial charge in [-0.25, -0.2) is 4.79 Å². The van der Waals surface area contributed by atoms with Crippen LogP contribution in [0.1, 0.15) is 25.2 Å². The highest BCUT2D eigenvalue weighted by Crippen LogP contribution is 2.21. The maximum absolute atomic E-state index is 12.1. The van der Waals surface area contributed by atoms with Crippen LogP contribution in [0, 0.1) is 6.92 Å². The molecule has 1 aromatic heterocycles. The van der Waals surface area contributed by atoms with E-state index in [1.807, 2.05) is 6.92 Å². The zero-order valence-electron chi connectivity index (χ0n) is 12.1. The van der Waals surface area contributed by atoms with Crippen molar-refractivity contribution in [2.45, 2.75) is 39.1 Å². The van der Waals surface area contributed by atoms with Crippen molar-refractivity contribution >= 4 is 34.3 Å². The zero-order chi connectivity index (χ0) is 16.2. The van der Waals surface area contributed by atoms with Crippen LogP contribution in [-0.2, 0) is 32.7 Å². The summed E-state index contributed by atoms with van der Waals surface area (Å²) < 4.78 is 13.8. The molecule has 1 rings (SSSR count). The van der Waals surface area contributed by atoms with Crippen molar-refractivity contribution in [1.82, 2.24) is 15.1 Å². The van der Waals surface area contributed by atoms with Gasteiger partial charge >= 0.3 is 5.97 Å². The molecule has 0 saturated heterocycles. The molecule has 2 unspecified atom stereocenters. The maximum Gasteiger partial charge on any atom is 0.327 e. The minimum absolute atomic E-state index is 0.0941. The van der Waals surface area contributed by atoms with E-state index in [0.29, 0.717) is 23.0 Å². The Kier molecular flexibility index (Phi) is 6.35. The monoisotopic (exact) mass is 335 g/mol. The molecule has 0 saturated carbocycles. The summed E-state index contributed by atoms with van der Waals surface area (Å²) in [6.07, 6.45) is 0. The molecule has 7 nitrogen and oxygen atoms in total. The largest absolute Gasteiger partial charge is 0.480 e. The molecule has 9 heteroatoms. The Morgan fingerprint density at radius 2 is 2.14 bits per heavy atom. The quantitative estimate of drug-likeness (QED) is 0.764. The normalized spacial score (nSPS) is 13.7. The maximum atomic E-state index is 12.1. The van der Waals surface area contributed by atoms with Crippen LogP contribution in [0.5, 0.6) is 0 Å². The number of nitrogens with zero attached hydrogens (tertiary/aromatic N) is 2. The van der Waals surface area contributed by atoms with Crippen molar-refractivity contribution in [3.63, 3.8) is 0 Å². The molecule has 118 valence electrons. The number of rotatable bonds is 7. The fourth-order valence-electron chi connectivity index (χ4n) is 1.82. The van der Waals surface area contributed by atoms with Crippen LogP contribution >= 0.6 is 11.6 Å². The molecular formula is C12H18ClN3O4S. The lowest BCUT2D eigenvalue weighted by Gasteiger charge is -2.13. The Labute approximate surface area is 130 Å². The number of aliphatic carboxylic acids is 1. The molecule has 0 aliphatic carbocycles. The van der Waals surface area contributed by atoms with Gasteiger partial charge in [-0.05, 0) is 13.8 Å². The van der Waals surface area contributed by atoms with Gasteiger partial charge in [-0.3, -0.25) is 13.7 Å². The smallest absolute Gasteiger partial charge is 0.327 e. The number of hydrogen-bond acceptors (Lipinski definition) is 4. The van der Waals surface area contributed by atoms with Crippen molar-refractivity contribution < 1.29 is 18.9 Å². The highest BCUT2D eigenvalue weighted by atomic mass is 35.5. The predicted molar refractivity (Wildman–Crippen MR) is 79.6 cm³/mol. The summed E-state index contributed by atoms with van der Waals surface area (Å²) in [5.41, 5.74) is 1.25. The van der Waals surface area contributed by atoms with Gasteiger partial charge in [0.05, 0.1) is 27.9 Å². The average molecular weight is 336 g/mol. The molecule has 0 aromatic carbocycles. The highest BCUT2D eigenvalue weighted by Gasteiger charge is 2.23. The van der Waals surface area contributed by atoms with E-state index < -0.39 is 28.7 Å². The number of aromatic nitrogens is 2. The molecule has 0 radical (unpaired) electrons. The summed E-state index contributed by atoms with van der Waals surface area (Å²) in [6.45, 7) is 5.42. The molecule has 0 aliphatic rings. The second-order valence-corrected chi connectivity index (χ2v) is 6.38. The van der Waals surface area contributed by atoms with E-state index in [4.69, 9.17) is 16.7 Å². The summed E-state index contributed by atoms with van der Waals surface area (Å²) in [4.78, 5) is 22.0. The molecule has 1 heterocycles. The SMILES string of the molecule is CCn1nc(C)c(Cl)c1CS(=O)CC(NC(C)=O)C(=O)O. The van der Waals surface area contributed by atoms with Crippen LogP contribution in [-0.4, -0.2) is 42.8 Å². The molecule has 1 aromatic rings. The summed E-state index contributed by atoms with van der Waals surface area (Å²) >= 11 is 6.12. The van der Waals surface area contributed by atoms with Gasteiger partial charge in [0.1, 0.15) is 6.04 Å². The number of amides is 1. The van der Waals surface area contributed by atoms with Crippen LogP contribution in [0.2, 0.25) is 5.02 Å². The lowest BCUT2D eigenvalue weighted by molar-refractivity contribution is -0.140. The Bertz CT molecular complexity index is 573. The zero-order valence-corrected chi connectivity index (χ0v) is 13.6. The van der Waals surface area contributed by atoms with E-state index in [-0.39, 0.29) is 11.5 Å². The number of hydrogen-bond donors (Lipinski definition) is 2. The second-order valence-electron chi connectivity index (χ2n) is 4.50. The predicted octanol–water partition coefficient (Wildman–Crippen LogP) is 0.703. The number of carbonyl (C=O) groups is 2. The van der Waals surface area contributed by atoms with Gasteiger partial charge < -0.3 is 10.4 Å². The van der Waals surface area contributed by atoms with Crippen molar-refractivity contribution in [3.8, 4) is 0 Å². The van der Waals surface area contributed by atoms with Crippen LogP contribution in [0.25, 0.3) is 0 Å². The van der Waals surface area contributed by atoms with Gasteiger partial charge in [-0.1, -0.05) is 11.6 Å². The third kappa shape index (κ3) is 4.82. The third-order valence-corrected chi connectivity index (χ3v) is 4.57. The van der Waals surface area contributed by atoms with Crippen LogP contribution < -0.4 is 5.32 Å². The van der Waals surface area contributed by atoms with Crippen LogP contribution in [0.3, 0.4) is 0 Å². The molecule has 21 heavy (non-hydrogen) atoms. The second kappa shape index (κ2) is 7.56. The van der Waals surface area contributed by atoms with E-state index in [1.165, 1.54) is 6.92 Å². The summed E-state index contributed by atoms with van der Waals surface area (Å²) in [6, 6.07) is -1.18. The number of aryl methyl sites for hydroxylation is 2. The van der Waals surface area contributed by atoms with Crippen LogP contribution in [0.15, 0.2) is 0 Å². The van der Waals surface area contributed by atoms with E-state index in [0.717, 1.165) is 0 Å². The lowest BCUT2D eigenvalue weighted by atomic mass is 10.3. The lowest BCUT2D eigenvalue weighted by Crippen LogP contribution is -2.43. The van der Waals surface area contributed by atoms with E-state index in [1.54, 1.807) is 11.6 Å². The molecule has 0 aliphatic heterocycles. The first-order valence-corrected chi connectivity index (χ1v) is 8.19. The van der Waals surface area contributed by atoms with Crippen molar-refractivity contribution in [1.29, 1.82) is 0 Å². The van der Waals surface area contributed by atoms with Gasteiger partial charge in [0.25, 0.3) is 0 Å². The number of carbonyl (C=O) groups excluding carboxylic acids is 1. The fraction of sp³-hybridized carbons (Fsp3) is 0.583. The topological polar surface area (TPSA) is 101 Å². The highest BCUT2D eigenvalue weighted by molar-refractivity contribution is 7.84. The molecule has 0 fully saturated rings. The van der Waals surface area contributed by atoms with E-state index in [9.17, 15) is 13.8 Å². The molecule has 0 bridgehead atoms. The molecule has 1 amide bonds. The number of halogens is 1. The number of carboxylic acid groups (broad SMARTS) is 1. The molecular weight excluding hydrogens is 318 g/mol. The fourth-order valence-corrected chi connectivity index (χ4v) is 3.42. The Hall–Kier alpha value is -1.41. The first-order valence-electron chi connectivity index (χ1n) is 6.32. The minimum atomic E-state index is -1.49. The summed E-state index contributed by atoms with van der Waals surface area (Å²) in [5, 5.41) is 15.9. The van der Waals surface area contributed by atoms with Crippen molar-refractivity contribution in [3.05, 3.63) is 16.4 Å². The van der Waals surface area contributed by atoms with Gasteiger partial charge in [-0.15, -0.1) is 0 Å². The van der Waals surface area contributed by atoms with Gasteiger partial charge in [-0.2, -0.15) is 5.10 Å². The average Bonchev–Trinajstić information content (AvgIpc) is 2.65. The van der Waals surface area contributed by atoms with Gasteiger partial charge in [0.2, 0.25) is 5.91 Å². The summed E-state index contributed by atoms with van der Waals surface area (Å²) in [7, 11) is -1.49. The summed E-state index contributed by atoms with van der Waals surface area (Å²) in [5.74, 6) is -1.78. The van der Waals surface area contributed by atoms with E-state index in [2.05, 4.69) is 10.4 Å². The van der Waals surface area contributed by atoms with Crippen molar-refractivity contribution in [2.24, 2.45) is 0 Å². The Balaban J connectivity index is 2.81. The minimum Gasteiger partial charge on any atom is -0.480 e. The van der Waals surface area contributed by atoms with Gasteiger partial charge in [0, 0.05) is 24.3 Å². The Morgan fingerprint density at radius 3 is 2.62 bits per heavy atom. The number of carboxylic acids is 1. The number of nitrogens with one attached hydrogen (secondary N) is 1.